The van der Waals surface area contributed by atoms with E-state index in [0.29, 0.717) is 33.3 Å². The number of carboxylic acid groups (broad SMARTS) is 1. The maximum atomic E-state index is 12.6. The Morgan fingerprint density at radius 3 is 2.44 bits per heavy atom. The summed E-state index contributed by atoms with van der Waals surface area (Å²) in [5.74, 6) is -0.799. The van der Waals surface area contributed by atoms with Gasteiger partial charge in [0.25, 0.3) is 0 Å². The van der Waals surface area contributed by atoms with Gasteiger partial charge in [0, 0.05) is 10.8 Å². The molecule has 0 spiro atoms. The summed E-state index contributed by atoms with van der Waals surface area (Å²) in [7, 11) is 0. The molecule has 0 radical (unpaired) electrons. The second kappa shape index (κ2) is 7.67. The fraction of sp³-hybridized carbons (Fsp3) is 0.240. The van der Waals surface area contributed by atoms with Gasteiger partial charge in [0.05, 0.1) is 11.1 Å². The van der Waals surface area contributed by atoms with E-state index in [4.69, 9.17) is 14.1 Å². The molecule has 0 fully saturated rings. The van der Waals surface area contributed by atoms with Gasteiger partial charge in [0.1, 0.15) is 22.6 Å². The van der Waals surface area contributed by atoms with Crippen molar-refractivity contribution in [1.29, 1.82) is 0 Å². The molecule has 0 saturated heterocycles. The van der Waals surface area contributed by atoms with Crippen molar-refractivity contribution in [2.45, 2.75) is 40.2 Å². The Morgan fingerprint density at radius 2 is 1.75 bits per heavy atom. The van der Waals surface area contributed by atoms with E-state index in [1.54, 1.807) is 26.8 Å². The van der Waals surface area contributed by atoms with Gasteiger partial charge in [0.2, 0.25) is 0 Å². The summed E-state index contributed by atoms with van der Waals surface area (Å²) in [4.78, 5) is 29.4. The number of hydrogen-bond acceptors (Lipinski definition) is 5. The lowest BCUT2D eigenvalue weighted by Gasteiger charge is -2.19. The van der Waals surface area contributed by atoms with Crippen LogP contribution in [0.4, 0.5) is 10.5 Å². The quantitative estimate of drug-likeness (QED) is 0.393. The molecule has 0 aliphatic heterocycles. The predicted octanol–water partition coefficient (Wildman–Crippen LogP) is 6.31. The molecule has 4 rings (SSSR count). The van der Waals surface area contributed by atoms with Crippen molar-refractivity contribution in [1.82, 2.24) is 4.98 Å². The molecule has 0 bridgehead atoms. The fourth-order valence-corrected chi connectivity index (χ4v) is 3.68. The van der Waals surface area contributed by atoms with Crippen LogP contribution in [-0.4, -0.2) is 27.8 Å². The molecule has 1 amide bonds. The van der Waals surface area contributed by atoms with E-state index in [1.807, 2.05) is 44.2 Å². The van der Waals surface area contributed by atoms with Crippen LogP contribution < -0.4 is 5.32 Å². The Morgan fingerprint density at radius 1 is 1.06 bits per heavy atom. The third kappa shape index (κ3) is 3.89. The van der Waals surface area contributed by atoms with Crippen LogP contribution in [0.2, 0.25) is 0 Å². The first-order valence-corrected chi connectivity index (χ1v) is 10.2. The van der Waals surface area contributed by atoms with Gasteiger partial charge < -0.3 is 14.3 Å². The van der Waals surface area contributed by atoms with E-state index in [-0.39, 0.29) is 11.3 Å². The van der Waals surface area contributed by atoms with Crippen LogP contribution in [0, 0.1) is 13.8 Å². The zero-order chi connectivity index (χ0) is 23.2. The number of carboxylic acids is 1. The van der Waals surface area contributed by atoms with Crippen LogP contribution in [0.15, 0.2) is 46.9 Å². The lowest BCUT2D eigenvalue weighted by molar-refractivity contribution is 0.0634. The number of aryl methyl sites for hydroxylation is 2. The second-order valence-electron chi connectivity index (χ2n) is 8.71. The van der Waals surface area contributed by atoms with Gasteiger partial charge in [-0.15, -0.1) is 0 Å². The Balaban J connectivity index is 1.97. The number of aromatic nitrogens is 1. The molecule has 32 heavy (non-hydrogen) atoms. The number of furan rings is 1. The Labute approximate surface area is 185 Å². The number of nitrogens with zero attached hydrogens (tertiary/aromatic N) is 1. The van der Waals surface area contributed by atoms with E-state index >= 15 is 0 Å². The van der Waals surface area contributed by atoms with Crippen LogP contribution in [0.1, 0.15) is 42.3 Å². The van der Waals surface area contributed by atoms with Crippen molar-refractivity contribution >= 4 is 39.6 Å². The largest absolute Gasteiger partial charge is 0.478 e. The van der Waals surface area contributed by atoms with Crippen LogP contribution in [-0.2, 0) is 4.74 Å². The summed E-state index contributed by atoms with van der Waals surface area (Å²) < 4.78 is 11.5. The van der Waals surface area contributed by atoms with Crippen molar-refractivity contribution in [2.24, 2.45) is 0 Å². The van der Waals surface area contributed by atoms with Crippen molar-refractivity contribution < 1.29 is 23.8 Å². The normalized spacial score (nSPS) is 11.7. The molecular formula is C25H24N2O5. The number of benzene rings is 2. The first kappa shape index (κ1) is 21.4. The maximum Gasteiger partial charge on any atom is 0.412 e. The zero-order valence-electron chi connectivity index (χ0n) is 18.6. The summed E-state index contributed by atoms with van der Waals surface area (Å²) in [6.45, 7) is 9.05. The lowest BCUT2D eigenvalue weighted by Crippen LogP contribution is -2.27. The summed E-state index contributed by atoms with van der Waals surface area (Å²) in [5, 5.41) is 13.9. The summed E-state index contributed by atoms with van der Waals surface area (Å²) in [6.07, 6.45) is -0.642. The van der Waals surface area contributed by atoms with Gasteiger partial charge in [-0.3, -0.25) is 5.32 Å². The number of anilines is 1. The van der Waals surface area contributed by atoms with Crippen LogP contribution in [0.25, 0.3) is 33.3 Å². The third-order valence-electron chi connectivity index (χ3n) is 5.06. The molecular weight excluding hydrogens is 408 g/mol. The molecule has 0 unspecified atom stereocenters. The van der Waals surface area contributed by atoms with Gasteiger partial charge in [-0.1, -0.05) is 24.3 Å². The van der Waals surface area contributed by atoms with E-state index in [9.17, 15) is 14.7 Å². The Hall–Kier alpha value is -3.87. The predicted molar refractivity (Wildman–Crippen MR) is 123 cm³/mol. The van der Waals surface area contributed by atoms with E-state index in [0.717, 1.165) is 11.1 Å². The highest BCUT2D eigenvalue weighted by Crippen LogP contribution is 2.39. The SMILES string of the molecule is Cc1ccc(C)c2c(C(=O)O)cc(-c3oc4ccccc4c3NC(=O)OC(C)(C)C)nc12. The third-order valence-corrected chi connectivity index (χ3v) is 5.06. The minimum Gasteiger partial charge on any atom is -0.478 e. The number of amides is 1. The highest BCUT2D eigenvalue weighted by molar-refractivity contribution is 6.08. The molecule has 2 N–H and O–H groups in total. The van der Waals surface area contributed by atoms with Crippen LogP contribution in [0.3, 0.4) is 0 Å². The molecule has 0 atom stereocenters. The minimum atomic E-state index is -1.06. The summed E-state index contributed by atoms with van der Waals surface area (Å²) in [6, 6.07) is 12.5. The van der Waals surface area contributed by atoms with Crippen molar-refractivity contribution in [3.05, 3.63) is 59.2 Å². The van der Waals surface area contributed by atoms with E-state index in [1.165, 1.54) is 6.07 Å². The number of carbonyl (C=O) groups is 2. The number of hydrogen-bond donors (Lipinski definition) is 2. The Kier molecular flexibility index (Phi) is 5.12. The average molecular weight is 432 g/mol. The maximum absolute atomic E-state index is 12.6. The standard InChI is InChI=1S/C25H24N2O5/c1-13-10-11-14(2)20-19(13)16(23(28)29)12-17(26-20)22-21(27-24(30)32-25(3,4)5)15-8-6-7-9-18(15)31-22/h6-12H,1-5H3,(H,27,30)(H,28,29). The van der Waals surface area contributed by atoms with E-state index in [2.05, 4.69) is 5.32 Å². The second-order valence-corrected chi connectivity index (χ2v) is 8.71. The number of ether oxygens (including phenoxy) is 1. The smallest absolute Gasteiger partial charge is 0.412 e. The monoisotopic (exact) mass is 432 g/mol. The van der Waals surface area contributed by atoms with Gasteiger partial charge >= 0.3 is 12.1 Å². The molecule has 2 heterocycles. The number of pyridine rings is 1. The molecule has 4 aromatic rings. The van der Waals surface area contributed by atoms with Gasteiger partial charge in [-0.05, 0) is 63.9 Å². The first-order valence-electron chi connectivity index (χ1n) is 10.2. The molecule has 0 aliphatic rings. The summed E-state index contributed by atoms with van der Waals surface area (Å²) in [5.41, 5.74) is 2.89. The lowest BCUT2D eigenvalue weighted by atomic mass is 9.99. The number of carbonyl (C=O) groups excluding carboxylic acids is 1. The first-order chi connectivity index (χ1) is 15.0. The van der Waals surface area contributed by atoms with Crippen molar-refractivity contribution in [3.8, 4) is 11.5 Å². The number of fused-ring (bicyclic) bond motifs is 2. The topological polar surface area (TPSA) is 102 Å². The minimum absolute atomic E-state index is 0.120. The van der Waals surface area contributed by atoms with Crippen LogP contribution in [0.5, 0.6) is 0 Å². The van der Waals surface area contributed by atoms with E-state index < -0.39 is 17.7 Å². The fourth-order valence-electron chi connectivity index (χ4n) is 3.68. The van der Waals surface area contributed by atoms with Crippen molar-refractivity contribution in [3.63, 3.8) is 0 Å². The number of aromatic carboxylic acids is 1. The number of para-hydroxylation sites is 1. The molecule has 0 saturated carbocycles. The number of nitrogens with one attached hydrogen (secondary N) is 1. The van der Waals surface area contributed by atoms with Gasteiger partial charge in [-0.25, -0.2) is 14.6 Å². The Bertz CT molecular complexity index is 1380. The molecule has 7 nitrogen and oxygen atoms in total. The molecule has 2 aromatic carbocycles. The molecule has 2 aromatic heterocycles. The van der Waals surface area contributed by atoms with Crippen LogP contribution >= 0.6 is 0 Å². The molecule has 7 heteroatoms. The van der Waals surface area contributed by atoms with Gasteiger partial charge in [-0.2, -0.15) is 0 Å². The highest BCUT2D eigenvalue weighted by atomic mass is 16.6. The average Bonchev–Trinajstić information content (AvgIpc) is 3.07. The zero-order valence-corrected chi connectivity index (χ0v) is 18.6. The highest BCUT2D eigenvalue weighted by Gasteiger charge is 2.24. The van der Waals surface area contributed by atoms with Gasteiger partial charge in [0.15, 0.2) is 5.76 Å². The molecule has 0 aliphatic carbocycles. The van der Waals surface area contributed by atoms with Crippen molar-refractivity contribution in [2.75, 3.05) is 5.32 Å². The molecule has 164 valence electrons. The number of rotatable bonds is 3. The summed E-state index contributed by atoms with van der Waals surface area (Å²) >= 11 is 0.